The largest absolute Gasteiger partial charge is 0.342 e. The molecule has 0 bridgehead atoms. The fraction of sp³-hybridized carbons (Fsp3) is 0.381. The van der Waals surface area contributed by atoms with E-state index in [1.54, 1.807) is 4.57 Å². The van der Waals surface area contributed by atoms with E-state index >= 15 is 0 Å². The Labute approximate surface area is 173 Å². The molecule has 7 heteroatoms. The van der Waals surface area contributed by atoms with Crippen LogP contribution in [-0.4, -0.2) is 39.2 Å². The maximum absolute atomic E-state index is 13.1. The van der Waals surface area contributed by atoms with Gasteiger partial charge in [0.1, 0.15) is 4.70 Å². The summed E-state index contributed by atoms with van der Waals surface area (Å²) in [6.07, 6.45) is 1.87. The van der Waals surface area contributed by atoms with Gasteiger partial charge in [-0.2, -0.15) is 0 Å². The van der Waals surface area contributed by atoms with Gasteiger partial charge in [0, 0.05) is 13.1 Å². The number of thioether (sulfide) groups is 1. The molecule has 0 aliphatic rings. The van der Waals surface area contributed by atoms with E-state index in [0.717, 1.165) is 37.2 Å². The fourth-order valence-electron chi connectivity index (χ4n) is 3.10. The third-order valence-corrected chi connectivity index (χ3v) is 6.19. The lowest BCUT2D eigenvalue weighted by Crippen LogP contribution is -2.34. The number of thiophene rings is 1. The zero-order valence-corrected chi connectivity index (χ0v) is 18.1. The summed E-state index contributed by atoms with van der Waals surface area (Å²) in [7, 11) is 0. The standard InChI is InChI=1S/C21H25N3O2S2/c1-4-10-23(11-5-2)18(25)14-28-21-22-17-9-12-27-19(17)20(26)24(21)16-8-6-7-15(3)13-16/h6-9,12-13H,4-5,10-11,14H2,1-3H3. The van der Waals surface area contributed by atoms with Crippen LogP contribution in [-0.2, 0) is 4.79 Å². The highest BCUT2D eigenvalue weighted by Crippen LogP contribution is 2.24. The first-order chi connectivity index (χ1) is 13.5. The fourth-order valence-corrected chi connectivity index (χ4v) is 4.78. The van der Waals surface area contributed by atoms with Crippen molar-refractivity contribution in [3.8, 4) is 5.69 Å². The molecule has 0 N–H and O–H groups in total. The quantitative estimate of drug-likeness (QED) is 0.402. The Morgan fingerprint density at radius 1 is 1.21 bits per heavy atom. The van der Waals surface area contributed by atoms with Crippen molar-refractivity contribution in [2.75, 3.05) is 18.8 Å². The second-order valence-electron chi connectivity index (χ2n) is 6.68. The molecule has 148 valence electrons. The van der Waals surface area contributed by atoms with Gasteiger partial charge in [-0.15, -0.1) is 11.3 Å². The number of hydrogen-bond donors (Lipinski definition) is 0. The van der Waals surface area contributed by atoms with Crippen LogP contribution in [0.5, 0.6) is 0 Å². The maximum atomic E-state index is 13.1. The summed E-state index contributed by atoms with van der Waals surface area (Å²) >= 11 is 2.73. The first kappa shape index (κ1) is 20.6. The molecule has 0 aliphatic heterocycles. The van der Waals surface area contributed by atoms with Crippen molar-refractivity contribution in [2.45, 2.75) is 38.8 Å². The van der Waals surface area contributed by atoms with Crippen LogP contribution in [0.1, 0.15) is 32.3 Å². The summed E-state index contributed by atoms with van der Waals surface area (Å²) in [5.41, 5.74) is 2.45. The van der Waals surface area contributed by atoms with Crippen LogP contribution in [0.25, 0.3) is 15.9 Å². The second-order valence-corrected chi connectivity index (χ2v) is 8.54. The Morgan fingerprint density at radius 2 is 1.96 bits per heavy atom. The molecule has 28 heavy (non-hydrogen) atoms. The van der Waals surface area contributed by atoms with Gasteiger partial charge >= 0.3 is 0 Å². The third-order valence-electron chi connectivity index (χ3n) is 4.37. The number of nitrogens with zero attached hydrogens (tertiary/aromatic N) is 3. The Balaban J connectivity index is 1.97. The number of fused-ring (bicyclic) bond motifs is 1. The molecule has 0 atom stereocenters. The molecule has 0 saturated carbocycles. The van der Waals surface area contributed by atoms with E-state index in [0.29, 0.717) is 15.4 Å². The van der Waals surface area contributed by atoms with Crippen molar-refractivity contribution in [3.63, 3.8) is 0 Å². The Morgan fingerprint density at radius 3 is 2.64 bits per heavy atom. The molecule has 1 aromatic carbocycles. The van der Waals surface area contributed by atoms with Crippen LogP contribution in [0.3, 0.4) is 0 Å². The van der Waals surface area contributed by atoms with Gasteiger partial charge in [0.25, 0.3) is 5.56 Å². The van der Waals surface area contributed by atoms with Crippen LogP contribution in [0.2, 0.25) is 0 Å². The maximum Gasteiger partial charge on any atom is 0.276 e. The average Bonchev–Trinajstić information content (AvgIpc) is 3.15. The van der Waals surface area contributed by atoms with Crippen LogP contribution in [0, 0.1) is 6.92 Å². The van der Waals surface area contributed by atoms with Crippen LogP contribution in [0.15, 0.2) is 45.7 Å². The molecule has 0 spiro atoms. The Hall–Kier alpha value is -2.12. The van der Waals surface area contributed by atoms with Crippen molar-refractivity contribution in [1.82, 2.24) is 14.5 Å². The predicted molar refractivity (Wildman–Crippen MR) is 118 cm³/mol. The SMILES string of the molecule is CCCN(CCC)C(=O)CSc1nc2ccsc2c(=O)n1-c1cccc(C)c1. The molecule has 2 heterocycles. The van der Waals surface area contributed by atoms with Gasteiger partial charge < -0.3 is 4.90 Å². The summed E-state index contributed by atoms with van der Waals surface area (Å²) in [4.78, 5) is 32.4. The number of amides is 1. The molecule has 0 unspecified atom stereocenters. The summed E-state index contributed by atoms with van der Waals surface area (Å²) in [6.45, 7) is 7.66. The van der Waals surface area contributed by atoms with Gasteiger partial charge in [0.15, 0.2) is 5.16 Å². The highest BCUT2D eigenvalue weighted by atomic mass is 32.2. The Bertz CT molecular complexity index is 1020. The molecule has 0 aliphatic carbocycles. The van der Waals surface area contributed by atoms with Crippen molar-refractivity contribution in [2.24, 2.45) is 0 Å². The lowest BCUT2D eigenvalue weighted by atomic mass is 10.2. The normalized spacial score (nSPS) is 11.1. The molecule has 2 aromatic heterocycles. The smallest absolute Gasteiger partial charge is 0.276 e. The number of hydrogen-bond acceptors (Lipinski definition) is 5. The Kier molecular flexibility index (Phi) is 6.91. The zero-order valence-electron chi connectivity index (χ0n) is 16.5. The van der Waals surface area contributed by atoms with Gasteiger partial charge in [0.05, 0.1) is 17.0 Å². The number of carbonyl (C=O) groups excluding carboxylic acids is 1. The number of benzene rings is 1. The number of rotatable bonds is 8. The van der Waals surface area contributed by atoms with Gasteiger partial charge in [-0.1, -0.05) is 37.7 Å². The topological polar surface area (TPSA) is 55.2 Å². The molecule has 0 radical (unpaired) electrons. The molecular formula is C21H25N3O2S2. The predicted octanol–water partition coefficient (Wildman–Crippen LogP) is 4.50. The minimum Gasteiger partial charge on any atom is -0.342 e. The molecular weight excluding hydrogens is 390 g/mol. The first-order valence-electron chi connectivity index (χ1n) is 9.53. The third kappa shape index (κ3) is 4.47. The van der Waals surface area contributed by atoms with Gasteiger partial charge in [-0.3, -0.25) is 14.2 Å². The van der Waals surface area contributed by atoms with Crippen molar-refractivity contribution in [3.05, 3.63) is 51.6 Å². The van der Waals surface area contributed by atoms with Gasteiger partial charge in [-0.25, -0.2) is 4.98 Å². The number of carbonyl (C=O) groups is 1. The zero-order chi connectivity index (χ0) is 20.1. The number of aryl methyl sites for hydroxylation is 1. The lowest BCUT2D eigenvalue weighted by Gasteiger charge is -2.21. The second kappa shape index (κ2) is 9.39. The molecule has 0 fully saturated rings. The van der Waals surface area contributed by atoms with Crippen LogP contribution >= 0.6 is 23.1 Å². The van der Waals surface area contributed by atoms with Gasteiger partial charge in [-0.05, 0) is 48.9 Å². The minimum absolute atomic E-state index is 0.0838. The summed E-state index contributed by atoms with van der Waals surface area (Å²) < 4.78 is 2.27. The number of aromatic nitrogens is 2. The van der Waals surface area contributed by atoms with E-state index in [-0.39, 0.29) is 17.2 Å². The van der Waals surface area contributed by atoms with E-state index in [2.05, 4.69) is 13.8 Å². The highest BCUT2D eigenvalue weighted by Gasteiger charge is 2.18. The van der Waals surface area contributed by atoms with E-state index in [1.807, 2.05) is 47.5 Å². The van der Waals surface area contributed by atoms with Crippen molar-refractivity contribution < 1.29 is 4.79 Å². The van der Waals surface area contributed by atoms with E-state index in [1.165, 1.54) is 23.1 Å². The van der Waals surface area contributed by atoms with E-state index in [4.69, 9.17) is 4.98 Å². The van der Waals surface area contributed by atoms with E-state index < -0.39 is 0 Å². The summed E-state index contributed by atoms with van der Waals surface area (Å²) in [5, 5.41) is 2.44. The molecule has 1 amide bonds. The lowest BCUT2D eigenvalue weighted by molar-refractivity contribution is -0.128. The summed E-state index contributed by atoms with van der Waals surface area (Å²) in [5.74, 6) is 0.359. The molecule has 3 aromatic rings. The summed E-state index contributed by atoms with van der Waals surface area (Å²) in [6, 6.07) is 9.65. The monoisotopic (exact) mass is 415 g/mol. The first-order valence-corrected chi connectivity index (χ1v) is 11.4. The molecule has 5 nitrogen and oxygen atoms in total. The average molecular weight is 416 g/mol. The van der Waals surface area contributed by atoms with Crippen LogP contribution in [0.4, 0.5) is 0 Å². The van der Waals surface area contributed by atoms with Crippen molar-refractivity contribution >= 4 is 39.2 Å². The highest BCUT2D eigenvalue weighted by molar-refractivity contribution is 7.99. The van der Waals surface area contributed by atoms with Crippen molar-refractivity contribution in [1.29, 1.82) is 0 Å². The molecule has 3 rings (SSSR count). The minimum atomic E-state index is -0.0838. The van der Waals surface area contributed by atoms with E-state index in [9.17, 15) is 9.59 Å². The molecule has 0 saturated heterocycles. The van der Waals surface area contributed by atoms with Crippen LogP contribution < -0.4 is 5.56 Å². The van der Waals surface area contributed by atoms with Gasteiger partial charge in [0.2, 0.25) is 5.91 Å².